The van der Waals surface area contributed by atoms with Gasteiger partial charge < -0.3 is 15.4 Å². The number of sulfonamides is 1. The molecule has 0 saturated heterocycles. The first-order valence-corrected chi connectivity index (χ1v) is 15.2. The van der Waals surface area contributed by atoms with E-state index in [-0.39, 0.29) is 21.1 Å². The molecule has 1 unspecified atom stereocenters. The van der Waals surface area contributed by atoms with Crippen LogP contribution in [0, 0.1) is 11.8 Å². The Labute approximate surface area is 228 Å². The molecule has 10 nitrogen and oxygen atoms in total. The van der Waals surface area contributed by atoms with Crippen molar-refractivity contribution in [3.05, 3.63) is 84.7 Å². The molecule has 2 atom stereocenters. The van der Waals surface area contributed by atoms with E-state index >= 15 is 0 Å². The van der Waals surface area contributed by atoms with E-state index in [1.165, 1.54) is 36.7 Å². The maximum Gasteiger partial charge on any atom is 0.475 e. The number of benzene rings is 2. The largest absolute Gasteiger partial charge is 0.475 e. The van der Waals surface area contributed by atoms with Crippen molar-refractivity contribution in [1.82, 2.24) is 10.3 Å². The SMILES string of the molecule is O=C(N[C@@H](CC1CC1)B(O)O)C(C=NS(=O)(=O)c1ccc(S(=O)(=O)c2cccnc2)cc1)Cc1ccccc1. The molecule has 1 aliphatic rings. The zero-order valence-corrected chi connectivity index (χ0v) is 22.5. The second kappa shape index (κ2) is 12.2. The Bertz CT molecular complexity index is 1510. The van der Waals surface area contributed by atoms with Crippen LogP contribution in [0.1, 0.15) is 24.8 Å². The summed E-state index contributed by atoms with van der Waals surface area (Å²) in [5, 5.41) is 22.1. The molecule has 1 aromatic heterocycles. The molecular weight excluding hydrogens is 541 g/mol. The molecule has 1 heterocycles. The summed E-state index contributed by atoms with van der Waals surface area (Å²) >= 11 is 0. The highest BCUT2D eigenvalue weighted by Crippen LogP contribution is 2.33. The molecule has 1 fully saturated rings. The zero-order valence-electron chi connectivity index (χ0n) is 20.9. The number of hydrogen-bond acceptors (Lipinski definition) is 8. The Morgan fingerprint density at radius 2 is 1.64 bits per heavy atom. The average molecular weight is 569 g/mol. The van der Waals surface area contributed by atoms with Gasteiger partial charge in [0.1, 0.15) is 0 Å². The van der Waals surface area contributed by atoms with E-state index in [0.717, 1.165) is 36.8 Å². The monoisotopic (exact) mass is 569 g/mol. The molecule has 1 aliphatic carbocycles. The molecule has 4 rings (SSSR count). The van der Waals surface area contributed by atoms with Crippen molar-refractivity contribution in [1.29, 1.82) is 0 Å². The summed E-state index contributed by atoms with van der Waals surface area (Å²) in [6.07, 6.45) is 6.11. The van der Waals surface area contributed by atoms with Crippen LogP contribution in [-0.2, 0) is 31.1 Å². The Morgan fingerprint density at radius 1 is 0.974 bits per heavy atom. The maximum absolute atomic E-state index is 13.1. The lowest BCUT2D eigenvalue weighted by Crippen LogP contribution is -2.49. The van der Waals surface area contributed by atoms with Crippen molar-refractivity contribution in [3.8, 4) is 0 Å². The number of amides is 1. The number of aromatic nitrogens is 1. The molecule has 0 radical (unpaired) electrons. The fraction of sp³-hybridized carbons (Fsp3) is 0.269. The molecule has 13 heteroatoms. The Hall–Kier alpha value is -3.39. The summed E-state index contributed by atoms with van der Waals surface area (Å²) in [5.41, 5.74) is 0.759. The van der Waals surface area contributed by atoms with Crippen molar-refractivity contribution in [2.45, 2.75) is 46.3 Å². The Balaban J connectivity index is 1.55. The van der Waals surface area contributed by atoms with Crippen molar-refractivity contribution < 1.29 is 31.7 Å². The van der Waals surface area contributed by atoms with Crippen LogP contribution in [0.4, 0.5) is 0 Å². The molecule has 1 saturated carbocycles. The number of nitrogens with one attached hydrogen (secondary N) is 1. The van der Waals surface area contributed by atoms with Gasteiger partial charge in [0.25, 0.3) is 10.0 Å². The molecule has 0 aliphatic heterocycles. The maximum atomic E-state index is 13.1. The van der Waals surface area contributed by atoms with Crippen LogP contribution in [0.3, 0.4) is 0 Å². The first kappa shape index (κ1) is 28.6. The van der Waals surface area contributed by atoms with Crippen LogP contribution in [-0.4, -0.2) is 57.0 Å². The fourth-order valence-corrected chi connectivity index (χ4v) is 6.12. The second-order valence-corrected chi connectivity index (χ2v) is 13.0. The van der Waals surface area contributed by atoms with Gasteiger partial charge in [0.15, 0.2) is 0 Å². The molecule has 2 aromatic carbocycles. The van der Waals surface area contributed by atoms with Crippen molar-refractivity contribution in [3.63, 3.8) is 0 Å². The van der Waals surface area contributed by atoms with Gasteiger partial charge in [-0.1, -0.05) is 43.2 Å². The minimum Gasteiger partial charge on any atom is -0.426 e. The molecule has 0 spiro atoms. The van der Waals surface area contributed by atoms with E-state index in [0.29, 0.717) is 12.3 Å². The standard InChI is InChI=1S/C26H28BN3O7S2/c31-26(30-25(27(32)33)16-20-8-9-20)21(15-19-5-2-1-3-6-19)17-29-39(36,37)23-12-10-22(11-13-23)38(34,35)24-7-4-14-28-18-24/h1-7,10-14,17-18,20-21,25,32-33H,8-9,15-16H2,(H,30,31)/t21?,25-/m0/s1. The van der Waals surface area contributed by atoms with Crippen LogP contribution in [0.15, 0.2) is 98.2 Å². The molecule has 0 bridgehead atoms. The van der Waals surface area contributed by atoms with Gasteiger partial charge >= 0.3 is 7.12 Å². The smallest absolute Gasteiger partial charge is 0.426 e. The fourth-order valence-electron chi connectivity index (χ4n) is 3.99. The van der Waals surface area contributed by atoms with Crippen LogP contribution in [0.25, 0.3) is 0 Å². The minimum atomic E-state index is -4.28. The van der Waals surface area contributed by atoms with E-state index in [1.807, 2.05) is 6.07 Å². The Kier molecular flexibility index (Phi) is 8.95. The average Bonchev–Trinajstić information content (AvgIpc) is 3.76. The third-order valence-corrected chi connectivity index (χ3v) is 9.39. The quantitative estimate of drug-likeness (QED) is 0.220. The number of pyridine rings is 1. The summed E-state index contributed by atoms with van der Waals surface area (Å²) in [6, 6.07) is 16.4. The van der Waals surface area contributed by atoms with E-state index < -0.39 is 44.7 Å². The van der Waals surface area contributed by atoms with Gasteiger partial charge in [-0.05, 0) is 60.7 Å². The molecule has 39 heavy (non-hydrogen) atoms. The molecule has 3 N–H and O–H groups in total. The third kappa shape index (κ3) is 7.60. The predicted molar refractivity (Wildman–Crippen MR) is 145 cm³/mol. The van der Waals surface area contributed by atoms with Gasteiger partial charge in [0, 0.05) is 18.6 Å². The lowest BCUT2D eigenvalue weighted by Gasteiger charge is -2.20. The van der Waals surface area contributed by atoms with Crippen LogP contribution in [0.2, 0.25) is 0 Å². The zero-order chi connectivity index (χ0) is 28.0. The first-order chi connectivity index (χ1) is 18.6. The van der Waals surface area contributed by atoms with Gasteiger partial charge in [0.05, 0.1) is 26.5 Å². The summed E-state index contributed by atoms with van der Waals surface area (Å²) in [5.74, 6) is -2.19. The first-order valence-electron chi connectivity index (χ1n) is 12.3. The van der Waals surface area contributed by atoms with Crippen LogP contribution < -0.4 is 5.32 Å². The molecule has 1 amide bonds. The summed E-state index contributed by atoms with van der Waals surface area (Å²) in [4.78, 5) is 16.5. The van der Waals surface area contributed by atoms with Gasteiger partial charge in [0.2, 0.25) is 15.7 Å². The highest BCUT2D eigenvalue weighted by atomic mass is 32.2. The number of sulfone groups is 1. The highest BCUT2D eigenvalue weighted by molar-refractivity contribution is 7.91. The van der Waals surface area contributed by atoms with E-state index in [4.69, 9.17) is 0 Å². The summed E-state index contributed by atoms with van der Waals surface area (Å²) in [6.45, 7) is 0. The van der Waals surface area contributed by atoms with Crippen molar-refractivity contribution >= 4 is 39.1 Å². The van der Waals surface area contributed by atoms with Gasteiger partial charge in [-0.25, -0.2) is 8.42 Å². The number of carbonyl (C=O) groups is 1. The highest BCUT2D eigenvalue weighted by Gasteiger charge is 2.34. The minimum absolute atomic E-state index is 0.0265. The molecule has 3 aromatic rings. The van der Waals surface area contributed by atoms with Gasteiger partial charge in [-0.3, -0.25) is 9.78 Å². The topological polar surface area (TPSA) is 163 Å². The summed E-state index contributed by atoms with van der Waals surface area (Å²) in [7, 11) is -9.92. The third-order valence-electron chi connectivity index (χ3n) is 6.36. The predicted octanol–water partition coefficient (Wildman–Crippen LogP) is 1.83. The number of nitrogens with zero attached hydrogens (tertiary/aromatic N) is 2. The normalized spacial score (nSPS) is 15.5. The number of hydrogen-bond donors (Lipinski definition) is 3. The van der Waals surface area contributed by atoms with E-state index in [2.05, 4.69) is 14.7 Å². The second-order valence-electron chi connectivity index (χ2n) is 9.40. The summed E-state index contributed by atoms with van der Waals surface area (Å²) < 4.78 is 55.2. The van der Waals surface area contributed by atoms with Crippen molar-refractivity contribution in [2.24, 2.45) is 16.2 Å². The van der Waals surface area contributed by atoms with Crippen molar-refractivity contribution in [2.75, 3.05) is 0 Å². The van der Waals surface area contributed by atoms with E-state index in [1.54, 1.807) is 24.3 Å². The van der Waals surface area contributed by atoms with Gasteiger partial charge in [-0.15, -0.1) is 0 Å². The Morgan fingerprint density at radius 3 is 2.23 bits per heavy atom. The molecular formula is C26H28BN3O7S2. The number of rotatable bonds is 12. The van der Waals surface area contributed by atoms with Crippen LogP contribution >= 0.6 is 0 Å². The van der Waals surface area contributed by atoms with Gasteiger partial charge in [-0.2, -0.15) is 12.8 Å². The number of carbonyl (C=O) groups excluding carboxylic acids is 1. The lowest BCUT2D eigenvalue weighted by atomic mass is 9.76. The lowest BCUT2D eigenvalue weighted by molar-refractivity contribution is -0.123. The molecule has 204 valence electrons. The van der Waals surface area contributed by atoms with E-state index in [9.17, 15) is 31.7 Å². The van der Waals surface area contributed by atoms with Crippen LogP contribution in [0.5, 0.6) is 0 Å².